The zero-order valence-electron chi connectivity index (χ0n) is 11.3. The Morgan fingerprint density at radius 1 is 1.42 bits per heavy atom. The van der Waals surface area contributed by atoms with Gasteiger partial charge in [-0.1, -0.05) is 12.1 Å². The number of nitrogens with zero attached hydrogens (tertiary/aromatic N) is 1. The molecular formula is C14H21N3O2. The van der Waals surface area contributed by atoms with Crippen LogP contribution in [-0.4, -0.2) is 49.7 Å². The van der Waals surface area contributed by atoms with Crippen molar-refractivity contribution >= 4 is 11.6 Å². The Kier molecular flexibility index (Phi) is 4.76. The Morgan fingerprint density at radius 3 is 2.79 bits per heavy atom. The van der Waals surface area contributed by atoms with Crippen LogP contribution in [-0.2, 0) is 4.74 Å². The van der Waals surface area contributed by atoms with Gasteiger partial charge in [0.2, 0.25) is 0 Å². The molecule has 0 bridgehead atoms. The average Bonchev–Trinajstić information content (AvgIpc) is 2.46. The Bertz CT molecular complexity index is 430. The summed E-state index contributed by atoms with van der Waals surface area (Å²) in [5, 5.41) is 2.94. The summed E-state index contributed by atoms with van der Waals surface area (Å²) < 4.78 is 5.31. The van der Waals surface area contributed by atoms with Crippen molar-refractivity contribution in [2.24, 2.45) is 0 Å². The van der Waals surface area contributed by atoms with E-state index in [1.54, 1.807) is 12.1 Å². The van der Waals surface area contributed by atoms with E-state index in [1.807, 2.05) is 12.1 Å². The maximum absolute atomic E-state index is 12.0. The van der Waals surface area contributed by atoms with Gasteiger partial charge >= 0.3 is 0 Å². The van der Waals surface area contributed by atoms with Gasteiger partial charge in [-0.05, 0) is 19.1 Å². The van der Waals surface area contributed by atoms with E-state index in [0.29, 0.717) is 23.8 Å². The summed E-state index contributed by atoms with van der Waals surface area (Å²) in [4.78, 5) is 14.3. The summed E-state index contributed by atoms with van der Waals surface area (Å²) in [6.45, 7) is 6.11. The predicted octanol–water partition coefficient (Wildman–Crippen LogP) is 0.719. The van der Waals surface area contributed by atoms with Crippen molar-refractivity contribution < 1.29 is 9.53 Å². The number of amides is 1. The van der Waals surface area contributed by atoms with E-state index in [1.165, 1.54) is 0 Å². The molecule has 0 aliphatic carbocycles. The van der Waals surface area contributed by atoms with Gasteiger partial charge in [-0.2, -0.15) is 0 Å². The monoisotopic (exact) mass is 263 g/mol. The zero-order valence-corrected chi connectivity index (χ0v) is 11.3. The molecule has 1 saturated heterocycles. The molecule has 1 fully saturated rings. The third-order valence-corrected chi connectivity index (χ3v) is 3.43. The summed E-state index contributed by atoms with van der Waals surface area (Å²) in [5.74, 6) is -0.113. The summed E-state index contributed by atoms with van der Waals surface area (Å²) in [6.07, 6.45) is 0. The summed E-state index contributed by atoms with van der Waals surface area (Å²) in [5.41, 5.74) is 6.83. The summed E-state index contributed by atoms with van der Waals surface area (Å²) in [6, 6.07) is 7.42. The van der Waals surface area contributed by atoms with Gasteiger partial charge in [0, 0.05) is 31.4 Å². The number of carbonyl (C=O) groups excluding carboxylic acids is 1. The number of nitrogens with one attached hydrogen (secondary N) is 1. The fourth-order valence-electron chi connectivity index (χ4n) is 2.19. The zero-order chi connectivity index (χ0) is 13.7. The highest BCUT2D eigenvalue weighted by molar-refractivity contribution is 5.99. The number of rotatable bonds is 4. The highest BCUT2D eigenvalue weighted by Gasteiger charge is 2.18. The molecule has 0 aromatic heterocycles. The number of carbonyl (C=O) groups is 1. The van der Waals surface area contributed by atoms with Gasteiger partial charge < -0.3 is 15.8 Å². The Balaban J connectivity index is 1.84. The van der Waals surface area contributed by atoms with Crippen LogP contribution < -0.4 is 11.1 Å². The van der Waals surface area contributed by atoms with E-state index in [-0.39, 0.29) is 5.91 Å². The lowest BCUT2D eigenvalue weighted by Gasteiger charge is -2.32. The van der Waals surface area contributed by atoms with Gasteiger partial charge in [0.15, 0.2) is 0 Å². The molecular weight excluding hydrogens is 242 g/mol. The first-order valence-electron chi connectivity index (χ1n) is 6.63. The maximum Gasteiger partial charge on any atom is 0.253 e. The van der Waals surface area contributed by atoms with Gasteiger partial charge in [0.25, 0.3) is 5.91 Å². The molecule has 2 rings (SSSR count). The molecule has 0 saturated carbocycles. The lowest BCUT2D eigenvalue weighted by molar-refractivity contribution is 0.0204. The summed E-state index contributed by atoms with van der Waals surface area (Å²) in [7, 11) is 0. The third kappa shape index (κ3) is 3.68. The van der Waals surface area contributed by atoms with E-state index in [9.17, 15) is 4.79 Å². The number of benzene rings is 1. The highest BCUT2D eigenvalue weighted by Crippen LogP contribution is 2.10. The van der Waals surface area contributed by atoms with Gasteiger partial charge in [0.1, 0.15) is 0 Å². The van der Waals surface area contributed by atoms with Crippen molar-refractivity contribution in [1.82, 2.24) is 10.2 Å². The van der Waals surface area contributed by atoms with Gasteiger partial charge in [0.05, 0.1) is 18.8 Å². The lowest BCUT2D eigenvalue weighted by Crippen LogP contribution is -2.47. The smallest absolute Gasteiger partial charge is 0.253 e. The minimum atomic E-state index is -0.113. The molecule has 0 spiro atoms. The first-order chi connectivity index (χ1) is 9.18. The number of hydrogen-bond donors (Lipinski definition) is 2. The van der Waals surface area contributed by atoms with Crippen LogP contribution in [0.1, 0.15) is 17.3 Å². The molecule has 1 atom stereocenters. The van der Waals surface area contributed by atoms with Crippen molar-refractivity contribution in [3.05, 3.63) is 29.8 Å². The number of para-hydroxylation sites is 1. The van der Waals surface area contributed by atoms with Crippen molar-refractivity contribution in [3.8, 4) is 0 Å². The Labute approximate surface area is 113 Å². The highest BCUT2D eigenvalue weighted by atomic mass is 16.5. The van der Waals surface area contributed by atoms with Crippen LogP contribution in [0.5, 0.6) is 0 Å². The molecule has 1 heterocycles. The Hall–Kier alpha value is -1.59. The van der Waals surface area contributed by atoms with E-state index in [0.717, 1.165) is 26.3 Å². The van der Waals surface area contributed by atoms with Crippen molar-refractivity contribution in [2.75, 3.05) is 38.6 Å². The van der Waals surface area contributed by atoms with Crippen molar-refractivity contribution in [3.63, 3.8) is 0 Å². The normalized spacial score (nSPS) is 17.9. The summed E-state index contributed by atoms with van der Waals surface area (Å²) >= 11 is 0. The molecule has 19 heavy (non-hydrogen) atoms. The average molecular weight is 263 g/mol. The van der Waals surface area contributed by atoms with Crippen LogP contribution in [0.3, 0.4) is 0 Å². The van der Waals surface area contributed by atoms with Crippen LogP contribution in [0.4, 0.5) is 5.69 Å². The minimum Gasteiger partial charge on any atom is -0.398 e. The van der Waals surface area contributed by atoms with Gasteiger partial charge in [-0.15, -0.1) is 0 Å². The number of anilines is 1. The van der Waals surface area contributed by atoms with Crippen molar-refractivity contribution in [2.45, 2.75) is 13.0 Å². The Morgan fingerprint density at radius 2 is 2.11 bits per heavy atom. The predicted molar refractivity (Wildman–Crippen MR) is 75.0 cm³/mol. The topological polar surface area (TPSA) is 67.6 Å². The standard InChI is InChI=1S/C14H21N3O2/c1-11(17-6-8-19-9-7-17)10-16-14(18)12-4-2-3-5-13(12)15/h2-5,11H,6-10,15H2,1H3,(H,16,18). The van der Waals surface area contributed by atoms with Crippen LogP contribution in [0.2, 0.25) is 0 Å². The second-order valence-electron chi connectivity index (χ2n) is 4.79. The number of nitrogen functional groups attached to an aromatic ring is 1. The fraction of sp³-hybridized carbons (Fsp3) is 0.500. The van der Waals surface area contributed by atoms with E-state index in [4.69, 9.17) is 10.5 Å². The maximum atomic E-state index is 12.0. The third-order valence-electron chi connectivity index (χ3n) is 3.43. The van der Waals surface area contributed by atoms with E-state index >= 15 is 0 Å². The first-order valence-corrected chi connectivity index (χ1v) is 6.63. The molecule has 3 N–H and O–H groups in total. The number of morpholine rings is 1. The van der Waals surface area contributed by atoms with E-state index < -0.39 is 0 Å². The molecule has 0 radical (unpaired) electrons. The number of hydrogen-bond acceptors (Lipinski definition) is 4. The van der Waals surface area contributed by atoms with Gasteiger partial charge in [-0.3, -0.25) is 9.69 Å². The molecule has 1 aliphatic rings. The minimum absolute atomic E-state index is 0.113. The molecule has 1 aromatic rings. The molecule has 1 amide bonds. The van der Waals surface area contributed by atoms with Crippen LogP contribution in [0.15, 0.2) is 24.3 Å². The number of ether oxygens (including phenoxy) is 1. The van der Waals surface area contributed by atoms with E-state index in [2.05, 4.69) is 17.1 Å². The van der Waals surface area contributed by atoms with Crippen LogP contribution in [0.25, 0.3) is 0 Å². The second kappa shape index (κ2) is 6.54. The quantitative estimate of drug-likeness (QED) is 0.786. The van der Waals surface area contributed by atoms with Crippen molar-refractivity contribution in [1.29, 1.82) is 0 Å². The number of nitrogens with two attached hydrogens (primary N) is 1. The molecule has 104 valence electrons. The van der Waals surface area contributed by atoms with Crippen LogP contribution in [0, 0.1) is 0 Å². The molecule has 5 nitrogen and oxygen atoms in total. The first kappa shape index (κ1) is 13.8. The molecule has 5 heteroatoms. The van der Waals surface area contributed by atoms with Crippen LogP contribution >= 0.6 is 0 Å². The fourth-order valence-corrected chi connectivity index (χ4v) is 2.19. The molecule has 1 unspecified atom stereocenters. The van der Waals surface area contributed by atoms with Gasteiger partial charge in [-0.25, -0.2) is 0 Å². The SMILES string of the molecule is CC(CNC(=O)c1ccccc1N)N1CCOCC1. The lowest BCUT2D eigenvalue weighted by atomic mass is 10.1. The largest absolute Gasteiger partial charge is 0.398 e. The second-order valence-corrected chi connectivity index (χ2v) is 4.79. The molecule has 1 aliphatic heterocycles. The molecule has 1 aromatic carbocycles.